The van der Waals surface area contributed by atoms with E-state index in [0.29, 0.717) is 12.5 Å². The van der Waals surface area contributed by atoms with Crippen molar-refractivity contribution < 1.29 is 9.53 Å². The third-order valence-corrected chi connectivity index (χ3v) is 4.76. The first-order valence-corrected chi connectivity index (χ1v) is 9.92. The lowest BCUT2D eigenvalue weighted by molar-refractivity contribution is 0.0162. The first-order chi connectivity index (χ1) is 13.2. The van der Waals surface area contributed by atoms with E-state index in [1.807, 2.05) is 44.7 Å². The highest BCUT2D eigenvalue weighted by Crippen LogP contribution is 2.21. The summed E-state index contributed by atoms with van der Waals surface area (Å²) in [4.78, 5) is 24.8. The van der Waals surface area contributed by atoms with Crippen molar-refractivity contribution >= 4 is 36.0 Å². The van der Waals surface area contributed by atoms with Crippen LogP contribution in [0.15, 0.2) is 11.3 Å². The number of aliphatic imine (C=N–C) groups is 1. The van der Waals surface area contributed by atoms with Gasteiger partial charge < -0.3 is 19.9 Å². The van der Waals surface area contributed by atoms with Crippen LogP contribution in [0.4, 0.5) is 4.79 Å². The average Bonchev–Trinajstić information content (AvgIpc) is 3.02. The first kappa shape index (κ1) is 25.4. The van der Waals surface area contributed by atoms with Crippen LogP contribution in [0.1, 0.15) is 45.9 Å². The molecule has 0 bridgehead atoms. The molecule has 0 saturated carbocycles. The second kappa shape index (κ2) is 11.6. The van der Waals surface area contributed by atoms with E-state index in [0.717, 1.165) is 50.7 Å². The molecule has 1 aromatic heterocycles. The standard InChI is InChI=1S/C19H35N7O2.HI/c1-19(2,3)28-18(27)26-11-7-8-15(12-26)9-10-21-17(20-4)24(5)13-16-22-14-23-25(16)6;/h14-15H,7-13H2,1-6H3,(H,20,21);1H. The summed E-state index contributed by atoms with van der Waals surface area (Å²) < 4.78 is 7.27. The van der Waals surface area contributed by atoms with Gasteiger partial charge in [-0.3, -0.25) is 9.67 Å². The predicted molar refractivity (Wildman–Crippen MR) is 124 cm³/mol. The molecule has 1 atom stereocenters. The van der Waals surface area contributed by atoms with Crippen molar-refractivity contribution in [2.45, 2.75) is 52.2 Å². The zero-order valence-corrected chi connectivity index (χ0v) is 20.8. The number of hydrogen-bond acceptors (Lipinski definition) is 5. The van der Waals surface area contributed by atoms with Gasteiger partial charge in [-0.15, -0.1) is 24.0 Å². The average molecular weight is 521 g/mol. The smallest absolute Gasteiger partial charge is 0.410 e. The quantitative estimate of drug-likeness (QED) is 0.364. The maximum absolute atomic E-state index is 12.3. The summed E-state index contributed by atoms with van der Waals surface area (Å²) in [6, 6.07) is 0. The molecule has 29 heavy (non-hydrogen) atoms. The number of hydrogen-bond donors (Lipinski definition) is 1. The van der Waals surface area contributed by atoms with Crippen molar-refractivity contribution in [2.24, 2.45) is 18.0 Å². The minimum Gasteiger partial charge on any atom is -0.444 e. The summed E-state index contributed by atoms with van der Waals surface area (Å²) >= 11 is 0. The number of aryl methyl sites for hydroxylation is 1. The van der Waals surface area contributed by atoms with Gasteiger partial charge in [0.05, 0.1) is 6.54 Å². The number of likely N-dealkylation sites (tertiary alicyclic amines) is 1. The molecule has 1 amide bonds. The Morgan fingerprint density at radius 1 is 1.45 bits per heavy atom. The molecule has 1 saturated heterocycles. The van der Waals surface area contributed by atoms with E-state index in [9.17, 15) is 4.79 Å². The lowest BCUT2D eigenvalue weighted by Crippen LogP contribution is -2.44. The summed E-state index contributed by atoms with van der Waals surface area (Å²) in [5.74, 6) is 2.17. The molecule has 10 heteroatoms. The Morgan fingerprint density at radius 2 is 2.17 bits per heavy atom. The molecule has 2 heterocycles. The van der Waals surface area contributed by atoms with Crippen LogP contribution >= 0.6 is 24.0 Å². The van der Waals surface area contributed by atoms with Crippen LogP contribution in [-0.4, -0.2) is 75.9 Å². The Balaban J connectivity index is 0.00000420. The van der Waals surface area contributed by atoms with Crippen LogP contribution in [-0.2, 0) is 18.3 Å². The summed E-state index contributed by atoms with van der Waals surface area (Å²) in [5, 5.41) is 7.51. The number of piperidine rings is 1. The number of carbonyl (C=O) groups is 1. The SMILES string of the molecule is CN=C(NCCC1CCCN(C(=O)OC(C)(C)C)C1)N(C)Cc1ncnn1C.I. The predicted octanol–water partition coefficient (Wildman–Crippen LogP) is 2.48. The van der Waals surface area contributed by atoms with E-state index in [1.54, 1.807) is 18.1 Å². The number of aromatic nitrogens is 3. The van der Waals surface area contributed by atoms with Crippen LogP contribution in [0.3, 0.4) is 0 Å². The first-order valence-electron chi connectivity index (χ1n) is 9.92. The van der Waals surface area contributed by atoms with Gasteiger partial charge >= 0.3 is 6.09 Å². The normalized spacial score (nSPS) is 17.5. The second-order valence-corrected chi connectivity index (χ2v) is 8.35. The fraction of sp³-hybridized carbons (Fsp3) is 0.789. The highest BCUT2D eigenvalue weighted by Gasteiger charge is 2.27. The summed E-state index contributed by atoms with van der Waals surface area (Å²) in [6.07, 6.45) is 4.48. The van der Waals surface area contributed by atoms with Crippen LogP contribution in [0.25, 0.3) is 0 Å². The van der Waals surface area contributed by atoms with Crippen molar-refractivity contribution in [1.29, 1.82) is 0 Å². The van der Waals surface area contributed by atoms with Gasteiger partial charge in [0.25, 0.3) is 0 Å². The van der Waals surface area contributed by atoms with E-state index in [1.165, 1.54) is 0 Å². The maximum Gasteiger partial charge on any atom is 0.410 e. The lowest BCUT2D eigenvalue weighted by atomic mass is 9.95. The molecule has 9 nitrogen and oxygen atoms in total. The monoisotopic (exact) mass is 521 g/mol. The van der Waals surface area contributed by atoms with Gasteiger partial charge in [-0.1, -0.05) is 0 Å². The second-order valence-electron chi connectivity index (χ2n) is 8.35. The van der Waals surface area contributed by atoms with E-state index in [4.69, 9.17) is 4.74 Å². The molecule has 0 radical (unpaired) electrons. The van der Waals surface area contributed by atoms with Gasteiger partial charge in [-0.05, 0) is 46.0 Å². The highest BCUT2D eigenvalue weighted by molar-refractivity contribution is 14.0. The number of nitrogens with one attached hydrogen (secondary N) is 1. The largest absolute Gasteiger partial charge is 0.444 e. The topological polar surface area (TPSA) is 87.9 Å². The minimum absolute atomic E-state index is 0. The number of ether oxygens (including phenoxy) is 1. The molecule has 2 rings (SSSR count). The molecule has 1 fully saturated rings. The highest BCUT2D eigenvalue weighted by atomic mass is 127. The molecule has 1 aliphatic rings. The number of halogens is 1. The zero-order chi connectivity index (χ0) is 20.7. The number of nitrogens with zero attached hydrogens (tertiary/aromatic N) is 6. The Kier molecular flexibility index (Phi) is 10.1. The molecule has 1 aliphatic heterocycles. The van der Waals surface area contributed by atoms with E-state index in [-0.39, 0.29) is 30.1 Å². The molecule has 1 aromatic rings. The van der Waals surface area contributed by atoms with Crippen molar-refractivity contribution in [1.82, 2.24) is 29.9 Å². The van der Waals surface area contributed by atoms with Crippen molar-refractivity contribution in [2.75, 3.05) is 33.7 Å². The van der Waals surface area contributed by atoms with Crippen molar-refractivity contribution in [3.63, 3.8) is 0 Å². The van der Waals surface area contributed by atoms with Gasteiger partial charge in [0.1, 0.15) is 17.8 Å². The zero-order valence-electron chi connectivity index (χ0n) is 18.5. The number of amides is 1. The van der Waals surface area contributed by atoms with Crippen LogP contribution in [0.5, 0.6) is 0 Å². The van der Waals surface area contributed by atoms with Gasteiger partial charge in [-0.2, -0.15) is 5.10 Å². The molecule has 0 aliphatic carbocycles. The molecular formula is C19H36IN7O2. The molecular weight excluding hydrogens is 485 g/mol. The van der Waals surface area contributed by atoms with E-state index in [2.05, 4.69) is 20.4 Å². The van der Waals surface area contributed by atoms with Crippen molar-refractivity contribution in [3.05, 3.63) is 12.2 Å². The van der Waals surface area contributed by atoms with Crippen LogP contribution in [0, 0.1) is 5.92 Å². The van der Waals surface area contributed by atoms with E-state index < -0.39 is 5.60 Å². The Hall–Kier alpha value is -1.59. The molecule has 166 valence electrons. The number of guanidine groups is 1. The summed E-state index contributed by atoms with van der Waals surface area (Å²) in [5.41, 5.74) is -0.453. The third kappa shape index (κ3) is 8.35. The number of carbonyl (C=O) groups excluding carboxylic acids is 1. The molecule has 1 unspecified atom stereocenters. The molecule has 0 aromatic carbocycles. The van der Waals surface area contributed by atoms with Gasteiger partial charge in [-0.25, -0.2) is 9.78 Å². The van der Waals surface area contributed by atoms with Crippen molar-refractivity contribution in [3.8, 4) is 0 Å². The Labute approximate surface area is 191 Å². The Bertz CT molecular complexity index is 672. The van der Waals surface area contributed by atoms with Gasteiger partial charge in [0.2, 0.25) is 0 Å². The lowest BCUT2D eigenvalue weighted by Gasteiger charge is -2.34. The molecule has 0 spiro atoms. The van der Waals surface area contributed by atoms with Gasteiger partial charge in [0.15, 0.2) is 5.96 Å². The minimum atomic E-state index is -0.453. The number of rotatable bonds is 5. The fourth-order valence-electron chi connectivity index (χ4n) is 3.32. The summed E-state index contributed by atoms with van der Waals surface area (Å²) in [6.45, 7) is 8.68. The van der Waals surface area contributed by atoms with E-state index >= 15 is 0 Å². The third-order valence-electron chi connectivity index (χ3n) is 4.76. The fourth-order valence-corrected chi connectivity index (χ4v) is 3.32. The van der Waals surface area contributed by atoms with Crippen LogP contribution in [0.2, 0.25) is 0 Å². The Morgan fingerprint density at radius 3 is 2.76 bits per heavy atom. The molecule has 1 N–H and O–H groups in total. The van der Waals surface area contributed by atoms with Crippen LogP contribution < -0.4 is 5.32 Å². The van der Waals surface area contributed by atoms with Gasteiger partial charge in [0, 0.05) is 40.8 Å². The summed E-state index contributed by atoms with van der Waals surface area (Å²) in [7, 11) is 5.64. The maximum atomic E-state index is 12.3.